The maximum absolute atomic E-state index is 12.2. The van der Waals surface area contributed by atoms with Crippen molar-refractivity contribution in [3.05, 3.63) is 15.6 Å². The first-order valence-corrected chi connectivity index (χ1v) is 7.22. The van der Waals surface area contributed by atoms with Gasteiger partial charge < -0.3 is 11.1 Å². The summed E-state index contributed by atoms with van der Waals surface area (Å²) in [4.78, 5) is 17.7. The van der Waals surface area contributed by atoms with E-state index in [4.69, 9.17) is 5.73 Å². The van der Waals surface area contributed by atoms with Crippen LogP contribution in [0, 0.1) is 19.3 Å². The molecule has 0 radical (unpaired) electrons. The highest BCUT2D eigenvalue weighted by molar-refractivity contribution is 7.11. The number of carbonyl (C=O) groups is 1. The molecule has 0 bridgehead atoms. The molecule has 0 aliphatic heterocycles. The van der Waals surface area contributed by atoms with Crippen molar-refractivity contribution in [1.82, 2.24) is 10.3 Å². The summed E-state index contributed by atoms with van der Waals surface area (Å²) in [5.74, 6) is 0.0560. The van der Waals surface area contributed by atoms with Crippen molar-refractivity contribution in [3.8, 4) is 0 Å². The average Bonchev–Trinajstić information content (AvgIpc) is 2.68. The smallest absolute Gasteiger partial charge is 0.227 e. The van der Waals surface area contributed by atoms with Gasteiger partial charge in [-0.1, -0.05) is 13.8 Å². The number of carbonyl (C=O) groups excluding carboxylic acids is 1. The number of nitrogens with two attached hydrogens (primary N) is 1. The molecule has 0 atom stereocenters. The first-order valence-electron chi connectivity index (χ1n) is 6.40. The summed E-state index contributed by atoms with van der Waals surface area (Å²) in [7, 11) is 0. The van der Waals surface area contributed by atoms with Gasteiger partial charge in [-0.2, -0.15) is 0 Å². The van der Waals surface area contributed by atoms with E-state index in [1.807, 2.05) is 27.7 Å². The second-order valence-corrected chi connectivity index (χ2v) is 5.90. The van der Waals surface area contributed by atoms with Gasteiger partial charge in [0.25, 0.3) is 0 Å². The lowest BCUT2D eigenvalue weighted by Crippen LogP contribution is -2.44. The van der Waals surface area contributed by atoms with E-state index in [1.54, 1.807) is 11.3 Å². The third-order valence-corrected chi connectivity index (χ3v) is 4.71. The Morgan fingerprint density at radius 2 is 2.00 bits per heavy atom. The van der Waals surface area contributed by atoms with E-state index in [9.17, 15) is 4.79 Å². The van der Waals surface area contributed by atoms with Crippen molar-refractivity contribution >= 4 is 17.2 Å². The second-order valence-electron chi connectivity index (χ2n) is 4.62. The van der Waals surface area contributed by atoms with Crippen LogP contribution in [-0.4, -0.2) is 17.4 Å². The van der Waals surface area contributed by atoms with Crippen LogP contribution in [0.1, 0.15) is 42.3 Å². The van der Waals surface area contributed by atoms with Gasteiger partial charge in [0.2, 0.25) is 5.91 Å². The number of hydrogen-bond donors (Lipinski definition) is 2. The Morgan fingerprint density at radius 1 is 1.39 bits per heavy atom. The molecule has 0 fully saturated rings. The fourth-order valence-electron chi connectivity index (χ4n) is 2.04. The predicted octanol–water partition coefficient (Wildman–Crippen LogP) is 2.14. The molecule has 0 spiro atoms. The molecule has 0 saturated carbocycles. The highest BCUT2D eigenvalue weighted by Crippen LogP contribution is 2.25. The molecule has 1 amide bonds. The van der Waals surface area contributed by atoms with Crippen LogP contribution in [0.4, 0.5) is 0 Å². The highest BCUT2D eigenvalue weighted by atomic mass is 32.1. The Labute approximate surface area is 113 Å². The first-order chi connectivity index (χ1) is 8.49. The number of hydrogen-bond acceptors (Lipinski definition) is 4. The zero-order valence-electron chi connectivity index (χ0n) is 11.7. The molecule has 102 valence electrons. The summed E-state index contributed by atoms with van der Waals surface area (Å²) >= 11 is 1.63. The zero-order valence-corrected chi connectivity index (χ0v) is 12.5. The normalized spacial score (nSPS) is 11.6. The van der Waals surface area contributed by atoms with Crippen molar-refractivity contribution in [2.24, 2.45) is 11.1 Å². The molecule has 1 rings (SSSR count). The number of thiazole rings is 1. The Morgan fingerprint density at radius 3 is 2.39 bits per heavy atom. The van der Waals surface area contributed by atoms with E-state index in [1.165, 1.54) is 0 Å². The zero-order chi connectivity index (χ0) is 13.8. The maximum atomic E-state index is 12.2. The SMILES string of the molecule is CCC(CC)(CN)C(=O)NCc1sc(C)nc1C. The average molecular weight is 269 g/mol. The lowest BCUT2D eigenvalue weighted by atomic mass is 9.81. The number of aryl methyl sites for hydroxylation is 2. The van der Waals surface area contributed by atoms with Crippen molar-refractivity contribution in [1.29, 1.82) is 0 Å². The molecule has 1 aromatic rings. The van der Waals surface area contributed by atoms with Gasteiger partial charge in [-0.15, -0.1) is 11.3 Å². The largest absolute Gasteiger partial charge is 0.351 e. The predicted molar refractivity (Wildman–Crippen MR) is 75.5 cm³/mol. The summed E-state index contributed by atoms with van der Waals surface area (Å²) < 4.78 is 0. The fraction of sp³-hybridized carbons (Fsp3) is 0.692. The van der Waals surface area contributed by atoms with E-state index >= 15 is 0 Å². The standard InChI is InChI=1S/C13H23N3OS/c1-5-13(6-2,8-14)12(17)15-7-11-9(3)16-10(4)18-11/h5-8,14H2,1-4H3,(H,15,17). The highest BCUT2D eigenvalue weighted by Gasteiger charge is 2.33. The van der Waals surface area contributed by atoms with Crippen LogP contribution in [0.3, 0.4) is 0 Å². The number of aromatic nitrogens is 1. The molecule has 5 heteroatoms. The molecule has 0 unspecified atom stereocenters. The minimum Gasteiger partial charge on any atom is -0.351 e. The molecular weight excluding hydrogens is 246 g/mol. The van der Waals surface area contributed by atoms with E-state index < -0.39 is 5.41 Å². The molecule has 3 N–H and O–H groups in total. The van der Waals surface area contributed by atoms with Gasteiger partial charge in [-0.25, -0.2) is 4.98 Å². The number of nitrogens with one attached hydrogen (secondary N) is 1. The third kappa shape index (κ3) is 3.09. The quantitative estimate of drug-likeness (QED) is 0.831. The number of nitrogens with zero attached hydrogens (tertiary/aromatic N) is 1. The molecule has 0 aliphatic carbocycles. The molecule has 0 aliphatic rings. The summed E-state index contributed by atoms with van der Waals surface area (Å²) in [5.41, 5.74) is 6.34. The Bertz CT molecular complexity index is 402. The van der Waals surface area contributed by atoms with Crippen molar-refractivity contribution in [3.63, 3.8) is 0 Å². The molecule has 1 heterocycles. The molecule has 0 saturated heterocycles. The second kappa shape index (κ2) is 6.29. The van der Waals surface area contributed by atoms with E-state index in [0.29, 0.717) is 13.1 Å². The lowest BCUT2D eigenvalue weighted by Gasteiger charge is -2.28. The van der Waals surface area contributed by atoms with Gasteiger partial charge in [0.1, 0.15) is 0 Å². The van der Waals surface area contributed by atoms with E-state index in [0.717, 1.165) is 28.4 Å². The van der Waals surface area contributed by atoms with Gasteiger partial charge >= 0.3 is 0 Å². The Kier molecular flexibility index (Phi) is 5.28. The molecule has 1 aromatic heterocycles. The fourth-order valence-corrected chi connectivity index (χ4v) is 2.91. The van der Waals surface area contributed by atoms with E-state index in [2.05, 4.69) is 10.3 Å². The van der Waals surface area contributed by atoms with Gasteiger partial charge in [-0.05, 0) is 26.7 Å². The molecule has 18 heavy (non-hydrogen) atoms. The third-order valence-electron chi connectivity index (χ3n) is 3.64. The Hall–Kier alpha value is -0.940. The summed E-state index contributed by atoms with van der Waals surface area (Å²) in [6.45, 7) is 8.92. The van der Waals surface area contributed by atoms with Crippen LogP contribution in [-0.2, 0) is 11.3 Å². The number of amides is 1. The van der Waals surface area contributed by atoms with Gasteiger partial charge in [0.15, 0.2) is 0 Å². The van der Waals surface area contributed by atoms with Crippen LogP contribution < -0.4 is 11.1 Å². The number of rotatable bonds is 6. The van der Waals surface area contributed by atoms with Crippen molar-refractivity contribution < 1.29 is 4.79 Å². The summed E-state index contributed by atoms with van der Waals surface area (Å²) in [6.07, 6.45) is 1.54. The van der Waals surface area contributed by atoms with Gasteiger partial charge in [0.05, 0.1) is 22.7 Å². The Balaban J connectivity index is 2.68. The topological polar surface area (TPSA) is 68.0 Å². The minimum atomic E-state index is -0.423. The van der Waals surface area contributed by atoms with Gasteiger partial charge in [0, 0.05) is 11.4 Å². The monoisotopic (exact) mass is 269 g/mol. The van der Waals surface area contributed by atoms with Crippen LogP contribution in [0.2, 0.25) is 0 Å². The lowest BCUT2D eigenvalue weighted by molar-refractivity contribution is -0.131. The molecule has 0 aromatic carbocycles. The first kappa shape index (κ1) is 15.1. The van der Waals surface area contributed by atoms with Crippen LogP contribution in [0.5, 0.6) is 0 Å². The van der Waals surface area contributed by atoms with Crippen LogP contribution in [0.15, 0.2) is 0 Å². The van der Waals surface area contributed by atoms with Crippen LogP contribution in [0.25, 0.3) is 0 Å². The maximum Gasteiger partial charge on any atom is 0.227 e. The minimum absolute atomic E-state index is 0.0560. The van der Waals surface area contributed by atoms with Crippen molar-refractivity contribution in [2.45, 2.75) is 47.1 Å². The van der Waals surface area contributed by atoms with Crippen molar-refractivity contribution in [2.75, 3.05) is 6.54 Å². The molecule has 4 nitrogen and oxygen atoms in total. The van der Waals surface area contributed by atoms with Crippen LogP contribution >= 0.6 is 11.3 Å². The van der Waals surface area contributed by atoms with Gasteiger partial charge in [-0.3, -0.25) is 4.79 Å². The summed E-state index contributed by atoms with van der Waals surface area (Å²) in [5, 5.41) is 4.03. The summed E-state index contributed by atoms with van der Waals surface area (Å²) in [6, 6.07) is 0. The molecular formula is C13H23N3OS. The van der Waals surface area contributed by atoms with E-state index in [-0.39, 0.29) is 5.91 Å².